The first kappa shape index (κ1) is 12.2. The summed E-state index contributed by atoms with van der Waals surface area (Å²) in [4.78, 5) is 0.385. The van der Waals surface area contributed by atoms with Gasteiger partial charge in [0, 0.05) is 6.04 Å². The molecule has 3 N–H and O–H groups in total. The Balaban J connectivity index is 2.27. The predicted molar refractivity (Wildman–Crippen MR) is 73.2 cm³/mol. The van der Waals surface area contributed by atoms with E-state index < -0.39 is 0 Å². The van der Waals surface area contributed by atoms with Gasteiger partial charge >= 0.3 is 0 Å². The SMILES string of the molecule is Cc1nnc(NC2CC(C)C2)c(C(N)=S)c1C. The molecule has 17 heavy (non-hydrogen) atoms. The molecule has 1 aliphatic rings. The highest BCUT2D eigenvalue weighted by Crippen LogP contribution is 2.30. The van der Waals surface area contributed by atoms with Crippen molar-refractivity contribution in [2.75, 3.05) is 5.32 Å². The molecule has 4 nitrogen and oxygen atoms in total. The lowest BCUT2D eigenvalue weighted by molar-refractivity contribution is 0.308. The van der Waals surface area contributed by atoms with Crippen molar-refractivity contribution in [2.24, 2.45) is 11.7 Å². The van der Waals surface area contributed by atoms with Gasteiger partial charge in [-0.15, -0.1) is 5.10 Å². The molecule has 0 atom stereocenters. The summed E-state index contributed by atoms with van der Waals surface area (Å²) in [5.41, 5.74) is 8.50. The van der Waals surface area contributed by atoms with Gasteiger partial charge in [-0.05, 0) is 38.2 Å². The lowest BCUT2D eigenvalue weighted by Crippen LogP contribution is -2.35. The molecular formula is C12H18N4S. The summed E-state index contributed by atoms with van der Waals surface area (Å²) in [7, 11) is 0. The summed E-state index contributed by atoms with van der Waals surface area (Å²) in [6.07, 6.45) is 2.34. The van der Waals surface area contributed by atoms with Crippen molar-refractivity contribution in [3.8, 4) is 0 Å². The summed E-state index contributed by atoms with van der Waals surface area (Å²) in [5.74, 6) is 1.53. The van der Waals surface area contributed by atoms with E-state index in [9.17, 15) is 0 Å². The summed E-state index contributed by atoms with van der Waals surface area (Å²) < 4.78 is 0. The molecule has 0 saturated heterocycles. The molecule has 0 aliphatic heterocycles. The molecular weight excluding hydrogens is 232 g/mol. The number of anilines is 1. The van der Waals surface area contributed by atoms with Crippen LogP contribution >= 0.6 is 12.2 Å². The number of nitrogens with two attached hydrogens (primary N) is 1. The van der Waals surface area contributed by atoms with Crippen molar-refractivity contribution < 1.29 is 0 Å². The van der Waals surface area contributed by atoms with Crippen LogP contribution in [-0.2, 0) is 0 Å². The van der Waals surface area contributed by atoms with Crippen molar-refractivity contribution in [3.63, 3.8) is 0 Å². The lowest BCUT2D eigenvalue weighted by atomic mass is 9.82. The molecule has 5 heteroatoms. The number of aryl methyl sites for hydroxylation is 1. The number of hydrogen-bond donors (Lipinski definition) is 2. The number of nitrogens with zero attached hydrogens (tertiary/aromatic N) is 2. The molecule has 0 amide bonds. The van der Waals surface area contributed by atoms with Crippen LogP contribution in [0.15, 0.2) is 0 Å². The Kier molecular flexibility index (Phi) is 3.28. The molecule has 1 saturated carbocycles. The summed E-state index contributed by atoms with van der Waals surface area (Å²) in [6.45, 7) is 6.14. The Bertz CT molecular complexity index is 452. The monoisotopic (exact) mass is 250 g/mol. The van der Waals surface area contributed by atoms with E-state index in [1.807, 2.05) is 13.8 Å². The first-order valence-corrected chi connectivity index (χ1v) is 6.30. The zero-order valence-corrected chi connectivity index (χ0v) is 11.3. The van der Waals surface area contributed by atoms with Crippen LogP contribution < -0.4 is 11.1 Å². The molecule has 1 aromatic rings. The zero-order valence-electron chi connectivity index (χ0n) is 10.4. The van der Waals surface area contributed by atoms with Gasteiger partial charge in [0.15, 0.2) is 5.82 Å². The minimum Gasteiger partial charge on any atom is -0.389 e. The summed E-state index contributed by atoms with van der Waals surface area (Å²) in [6, 6.07) is 0.481. The maximum Gasteiger partial charge on any atom is 0.159 e. The van der Waals surface area contributed by atoms with Crippen LogP contribution in [0.3, 0.4) is 0 Å². The van der Waals surface area contributed by atoms with Gasteiger partial charge < -0.3 is 11.1 Å². The molecule has 1 fully saturated rings. The number of aromatic nitrogens is 2. The molecule has 0 unspecified atom stereocenters. The second-order valence-corrected chi connectivity index (χ2v) is 5.36. The van der Waals surface area contributed by atoms with E-state index in [0.29, 0.717) is 11.0 Å². The first-order valence-electron chi connectivity index (χ1n) is 5.89. The molecule has 1 heterocycles. The average Bonchev–Trinajstić information content (AvgIpc) is 2.20. The van der Waals surface area contributed by atoms with Crippen molar-refractivity contribution >= 4 is 23.0 Å². The number of hydrogen-bond acceptors (Lipinski definition) is 4. The Morgan fingerprint density at radius 1 is 1.35 bits per heavy atom. The van der Waals surface area contributed by atoms with Gasteiger partial charge in [-0.3, -0.25) is 0 Å². The third-order valence-electron chi connectivity index (χ3n) is 3.42. The van der Waals surface area contributed by atoms with Gasteiger partial charge in [-0.2, -0.15) is 5.10 Å². The van der Waals surface area contributed by atoms with E-state index in [4.69, 9.17) is 18.0 Å². The van der Waals surface area contributed by atoms with E-state index in [0.717, 1.165) is 28.6 Å². The van der Waals surface area contributed by atoms with Crippen LogP contribution in [0, 0.1) is 19.8 Å². The highest BCUT2D eigenvalue weighted by molar-refractivity contribution is 7.80. The summed E-state index contributed by atoms with van der Waals surface area (Å²) in [5, 5.41) is 11.7. The van der Waals surface area contributed by atoms with Crippen molar-refractivity contribution in [3.05, 3.63) is 16.8 Å². The Morgan fingerprint density at radius 2 is 2.00 bits per heavy atom. The zero-order chi connectivity index (χ0) is 12.6. The third kappa shape index (κ3) is 2.39. The van der Waals surface area contributed by atoms with Gasteiger partial charge in [0.1, 0.15) is 4.99 Å². The quantitative estimate of drug-likeness (QED) is 0.803. The molecule has 0 radical (unpaired) electrons. The molecule has 1 aliphatic carbocycles. The van der Waals surface area contributed by atoms with Gasteiger partial charge in [0.25, 0.3) is 0 Å². The maximum atomic E-state index is 5.77. The average molecular weight is 250 g/mol. The van der Waals surface area contributed by atoms with Gasteiger partial charge in [0.05, 0.1) is 11.3 Å². The van der Waals surface area contributed by atoms with Crippen LogP contribution in [0.1, 0.15) is 36.6 Å². The van der Waals surface area contributed by atoms with Crippen LogP contribution in [-0.4, -0.2) is 21.2 Å². The van der Waals surface area contributed by atoms with E-state index in [1.165, 1.54) is 12.8 Å². The smallest absolute Gasteiger partial charge is 0.159 e. The van der Waals surface area contributed by atoms with Crippen LogP contribution in [0.25, 0.3) is 0 Å². The molecule has 0 spiro atoms. The standard InChI is InChI=1S/C12H18N4S/c1-6-4-9(5-6)14-12-10(11(13)17)7(2)8(3)15-16-12/h6,9H,4-5H2,1-3H3,(H2,13,17)(H,14,16). The fourth-order valence-electron chi connectivity index (χ4n) is 2.22. The highest BCUT2D eigenvalue weighted by Gasteiger charge is 2.27. The maximum absolute atomic E-state index is 5.77. The molecule has 0 bridgehead atoms. The molecule has 0 aromatic carbocycles. The normalized spacial score (nSPS) is 23.0. The van der Waals surface area contributed by atoms with Crippen LogP contribution in [0.4, 0.5) is 5.82 Å². The lowest BCUT2D eigenvalue weighted by Gasteiger charge is -2.34. The number of thiocarbonyl (C=S) groups is 1. The predicted octanol–water partition coefficient (Wildman–Crippen LogP) is 1.94. The minimum absolute atomic E-state index is 0.385. The third-order valence-corrected chi connectivity index (χ3v) is 3.62. The fraction of sp³-hybridized carbons (Fsp3) is 0.583. The first-order chi connectivity index (χ1) is 7.99. The molecule has 2 rings (SSSR count). The summed E-state index contributed by atoms with van der Waals surface area (Å²) >= 11 is 5.10. The highest BCUT2D eigenvalue weighted by atomic mass is 32.1. The van der Waals surface area contributed by atoms with E-state index in [2.05, 4.69) is 22.4 Å². The van der Waals surface area contributed by atoms with Crippen molar-refractivity contribution in [2.45, 2.75) is 39.7 Å². The number of nitrogens with one attached hydrogen (secondary N) is 1. The largest absolute Gasteiger partial charge is 0.389 e. The van der Waals surface area contributed by atoms with E-state index in [1.54, 1.807) is 0 Å². The van der Waals surface area contributed by atoms with Crippen LogP contribution in [0.5, 0.6) is 0 Å². The Morgan fingerprint density at radius 3 is 2.53 bits per heavy atom. The fourth-order valence-corrected chi connectivity index (χ4v) is 2.47. The minimum atomic E-state index is 0.385. The van der Waals surface area contributed by atoms with Gasteiger partial charge in [-0.1, -0.05) is 19.1 Å². The second-order valence-electron chi connectivity index (χ2n) is 4.92. The van der Waals surface area contributed by atoms with E-state index >= 15 is 0 Å². The van der Waals surface area contributed by atoms with Crippen molar-refractivity contribution in [1.29, 1.82) is 0 Å². The van der Waals surface area contributed by atoms with E-state index in [-0.39, 0.29) is 0 Å². The van der Waals surface area contributed by atoms with Crippen LogP contribution in [0.2, 0.25) is 0 Å². The molecule has 92 valence electrons. The number of rotatable bonds is 3. The Hall–Kier alpha value is -1.23. The van der Waals surface area contributed by atoms with Gasteiger partial charge in [0.2, 0.25) is 0 Å². The second kappa shape index (κ2) is 4.56. The Labute approximate surface area is 107 Å². The van der Waals surface area contributed by atoms with Gasteiger partial charge in [-0.25, -0.2) is 0 Å². The topological polar surface area (TPSA) is 63.8 Å². The van der Waals surface area contributed by atoms with Crippen molar-refractivity contribution in [1.82, 2.24) is 10.2 Å². The molecule has 1 aromatic heterocycles.